The van der Waals surface area contributed by atoms with Crippen molar-refractivity contribution in [2.75, 3.05) is 5.32 Å². The number of aromatic nitrogens is 1. The van der Waals surface area contributed by atoms with E-state index in [0.29, 0.717) is 17.9 Å². The molecule has 3 heteroatoms. The molecular formula is C17H15ClN2. The number of halogens is 1. The normalized spacial score (nSPS) is 26.8. The summed E-state index contributed by atoms with van der Waals surface area (Å²) >= 11 is 6.16. The third kappa shape index (κ3) is 1.83. The largest absolute Gasteiger partial charge is 0.378 e. The fraction of sp³-hybridized carbons (Fsp3) is 0.235. The fourth-order valence-electron chi connectivity index (χ4n) is 3.46. The molecule has 1 aromatic carbocycles. The van der Waals surface area contributed by atoms with Crippen LogP contribution in [0.1, 0.15) is 29.5 Å². The van der Waals surface area contributed by atoms with Gasteiger partial charge in [0.2, 0.25) is 0 Å². The highest BCUT2D eigenvalue weighted by atomic mass is 35.5. The van der Waals surface area contributed by atoms with Gasteiger partial charge in [0.15, 0.2) is 0 Å². The lowest BCUT2D eigenvalue weighted by Gasteiger charge is -2.37. The van der Waals surface area contributed by atoms with Gasteiger partial charge in [-0.15, -0.1) is 0 Å². The SMILES string of the molecule is Clc1ccc2c(c1)[C@@H]1C=CC[C@@H]1[C@H](c1cccnc1)N2. The molecule has 0 saturated heterocycles. The number of rotatable bonds is 1. The van der Waals surface area contributed by atoms with Gasteiger partial charge in [-0.05, 0) is 47.7 Å². The van der Waals surface area contributed by atoms with E-state index >= 15 is 0 Å². The number of pyridine rings is 1. The van der Waals surface area contributed by atoms with Crippen molar-refractivity contribution in [3.8, 4) is 0 Å². The summed E-state index contributed by atoms with van der Waals surface area (Å²) in [5, 5.41) is 4.48. The minimum Gasteiger partial charge on any atom is -0.378 e. The Labute approximate surface area is 123 Å². The highest BCUT2D eigenvalue weighted by Gasteiger charge is 2.37. The van der Waals surface area contributed by atoms with Gasteiger partial charge in [-0.25, -0.2) is 0 Å². The van der Waals surface area contributed by atoms with E-state index < -0.39 is 0 Å². The van der Waals surface area contributed by atoms with Crippen LogP contribution in [0.25, 0.3) is 0 Å². The second-order valence-corrected chi connectivity index (χ2v) is 5.93. The monoisotopic (exact) mass is 282 g/mol. The van der Waals surface area contributed by atoms with Gasteiger partial charge in [0, 0.05) is 29.0 Å². The van der Waals surface area contributed by atoms with E-state index in [2.05, 4.69) is 40.7 Å². The number of hydrogen-bond donors (Lipinski definition) is 1. The number of nitrogens with zero attached hydrogens (tertiary/aromatic N) is 1. The highest BCUT2D eigenvalue weighted by Crippen LogP contribution is 2.50. The first kappa shape index (κ1) is 12.0. The average Bonchev–Trinajstić information content (AvgIpc) is 2.97. The van der Waals surface area contributed by atoms with E-state index in [-0.39, 0.29) is 0 Å². The molecule has 0 saturated carbocycles. The van der Waals surface area contributed by atoms with Crippen LogP contribution in [0.15, 0.2) is 54.9 Å². The van der Waals surface area contributed by atoms with E-state index in [1.54, 1.807) is 0 Å². The molecule has 0 fully saturated rings. The predicted molar refractivity (Wildman–Crippen MR) is 82.0 cm³/mol. The van der Waals surface area contributed by atoms with Crippen LogP contribution in [0.3, 0.4) is 0 Å². The second kappa shape index (κ2) is 4.64. The topological polar surface area (TPSA) is 24.9 Å². The van der Waals surface area contributed by atoms with Crippen LogP contribution in [0.4, 0.5) is 5.69 Å². The van der Waals surface area contributed by atoms with Gasteiger partial charge in [-0.1, -0.05) is 29.8 Å². The number of benzene rings is 1. The van der Waals surface area contributed by atoms with Crippen molar-refractivity contribution < 1.29 is 0 Å². The first-order valence-corrected chi connectivity index (χ1v) is 7.33. The zero-order valence-corrected chi connectivity index (χ0v) is 11.7. The van der Waals surface area contributed by atoms with Crippen molar-refractivity contribution in [2.45, 2.75) is 18.4 Å². The van der Waals surface area contributed by atoms with Crippen molar-refractivity contribution >= 4 is 17.3 Å². The molecule has 0 amide bonds. The number of anilines is 1. The standard InChI is InChI=1S/C17H15ClN2/c18-12-6-7-16-15(9-12)13-4-1-5-14(13)17(20-16)11-3-2-8-19-10-11/h1-4,6-10,13-14,17,20H,5H2/t13-,14+,17+/m1/s1. The molecule has 1 N–H and O–H groups in total. The first-order chi connectivity index (χ1) is 9.83. The first-order valence-electron chi connectivity index (χ1n) is 6.95. The minimum atomic E-state index is 0.317. The quantitative estimate of drug-likeness (QED) is 0.776. The maximum atomic E-state index is 6.16. The lowest BCUT2D eigenvalue weighted by atomic mass is 9.77. The molecular weight excluding hydrogens is 268 g/mol. The van der Waals surface area contributed by atoms with Crippen LogP contribution >= 0.6 is 11.6 Å². The molecule has 2 aromatic rings. The molecule has 1 aliphatic heterocycles. The summed E-state index contributed by atoms with van der Waals surface area (Å²) in [6, 6.07) is 10.6. The van der Waals surface area contributed by atoms with Crippen LogP contribution in [0, 0.1) is 5.92 Å². The molecule has 2 nitrogen and oxygen atoms in total. The molecule has 1 aliphatic carbocycles. The van der Waals surface area contributed by atoms with E-state index in [4.69, 9.17) is 11.6 Å². The molecule has 2 aliphatic rings. The summed E-state index contributed by atoms with van der Waals surface area (Å²) in [7, 11) is 0. The van der Waals surface area contributed by atoms with Gasteiger partial charge in [-0.2, -0.15) is 0 Å². The van der Waals surface area contributed by atoms with E-state index in [0.717, 1.165) is 11.4 Å². The smallest absolute Gasteiger partial charge is 0.0569 e. The predicted octanol–water partition coefficient (Wildman–Crippen LogP) is 4.56. The Hall–Kier alpha value is -1.80. The van der Waals surface area contributed by atoms with E-state index in [1.807, 2.05) is 24.5 Å². The summed E-state index contributed by atoms with van der Waals surface area (Å²) in [6.07, 6.45) is 9.50. The van der Waals surface area contributed by atoms with Crippen LogP contribution in [0.2, 0.25) is 5.02 Å². The molecule has 0 unspecified atom stereocenters. The molecule has 20 heavy (non-hydrogen) atoms. The van der Waals surface area contributed by atoms with Crippen molar-refractivity contribution in [1.82, 2.24) is 4.98 Å². The summed E-state index contributed by atoms with van der Waals surface area (Å²) < 4.78 is 0. The maximum absolute atomic E-state index is 6.16. The average molecular weight is 283 g/mol. The van der Waals surface area contributed by atoms with Gasteiger partial charge >= 0.3 is 0 Å². The van der Waals surface area contributed by atoms with Crippen LogP contribution in [0.5, 0.6) is 0 Å². The fourth-order valence-corrected chi connectivity index (χ4v) is 3.64. The van der Waals surface area contributed by atoms with Crippen molar-refractivity contribution in [3.63, 3.8) is 0 Å². The van der Waals surface area contributed by atoms with E-state index in [9.17, 15) is 0 Å². The van der Waals surface area contributed by atoms with Crippen LogP contribution in [-0.2, 0) is 0 Å². The Morgan fingerprint density at radius 3 is 3.05 bits per heavy atom. The summed E-state index contributed by atoms with van der Waals surface area (Å²) in [6.45, 7) is 0. The summed E-state index contributed by atoms with van der Waals surface area (Å²) in [4.78, 5) is 4.26. The summed E-state index contributed by atoms with van der Waals surface area (Å²) in [5.41, 5.74) is 3.76. The zero-order chi connectivity index (χ0) is 13.5. The lowest BCUT2D eigenvalue weighted by Crippen LogP contribution is -2.29. The number of hydrogen-bond acceptors (Lipinski definition) is 2. The van der Waals surface area contributed by atoms with Gasteiger partial charge in [0.05, 0.1) is 6.04 Å². The summed E-state index contributed by atoms with van der Waals surface area (Å²) in [5.74, 6) is 1.00. The van der Waals surface area contributed by atoms with Crippen molar-refractivity contribution in [3.05, 3.63) is 71.0 Å². The van der Waals surface area contributed by atoms with Crippen LogP contribution in [-0.4, -0.2) is 4.98 Å². The minimum absolute atomic E-state index is 0.317. The number of fused-ring (bicyclic) bond motifs is 3. The Kier molecular flexibility index (Phi) is 2.78. The van der Waals surface area contributed by atoms with Gasteiger partial charge in [-0.3, -0.25) is 4.98 Å². The zero-order valence-electron chi connectivity index (χ0n) is 11.0. The Bertz CT molecular complexity index is 666. The molecule has 1 aromatic heterocycles. The van der Waals surface area contributed by atoms with Gasteiger partial charge in [0.1, 0.15) is 0 Å². The molecule has 2 heterocycles. The Morgan fingerprint density at radius 1 is 1.25 bits per heavy atom. The molecule has 0 bridgehead atoms. The number of nitrogens with one attached hydrogen (secondary N) is 1. The molecule has 3 atom stereocenters. The van der Waals surface area contributed by atoms with E-state index in [1.165, 1.54) is 16.8 Å². The molecule has 100 valence electrons. The third-order valence-electron chi connectivity index (χ3n) is 4.37. The molecule has 4 rings (SSSR count). The van der Waals surface area contributed by atoms with Crippen LogP contribution < -0.4 is 5.32 Å². The highest BCUT2D eigenvalue weighted by molar-refractivity contribution is 6.30. The Morgan fingerprint density at radius 2 is 2.20 bits per heavy atom. The molecule has 0 spiro atoms. The Balaban J connectivity index is 1.80. The number of allylic oxidation sites excluding steroid dienone is 2. The van der Waals surface area contributed by atoms with Gasteiger partial charge in [0.25, 0.3) is 0 Å². The van der Waals surface area contributed by atoms with Gasteiger partial charge < -0.3 is 5.32 Å². The third-order valence-corrected chi connectivity index (χ3v) is 4.60. The molecule has 0 radical (unpaired) electrons. The second-order valence-electron chi connectivity index (χ2n) is 5.49. The lowest BCUT2D eigenvalue weighted by molar-refractivity contribution is 0.425. The van der Waals surface area contributed by atoms with Crippen molar-refractivity contribution in [2.24, 2.45) is 5.92 Å². The maximum Gasteiger partial charge on any atom is 0.0569 e. The van der Waals surface area contributed by atoms with Crippen molar-refractivity contribution in [1.29, 1.82) is 0 Å².